The molecular formula is C62H102F3N9O16. The molecule has 2 aliphatic rings. The fraction of sp³-hybridized carbons (Fsp3) is 0.742. The van der Waals surface area contributed by atoms with Gasteiger partial charge in [-0.15, -0.1) is 0 Å². The summed E-state index contributed by atoms with van der Waals surface area (Å²) in [7, 11) is 6.80. The van der Waals surface area contributed by atoms with Crippen LogP contribution in [0, 0.1) is 23.7 Å². The van der Waals surface area contributed by atoms with E-state index < -0.39 is 84.3 Å². The summed E-state index contributed by atoms with van der Waals surface area (Å²) in [5, 5.41) is 26.9. The normalized spacial score (nSPS) is 17.7. The standard InChI is InChI=1S/C60H101N9O14.C2HF3O2/c1-12-41(6)54(67(9)53(40(4)5)58(74)65-57(73)52(39(2)3)66(8)28-31-81-33-35-82-34-32-80-30-24-50(70)62-25-16-15-21-45(61)60(76)77)49(78-10)37-51(71)68-26-19-23-48(68)55(79-11)42(7)56(72)64-47(59(75)69-27-17-18-29-83-69)36-43-38-63-46-22-14-13-20-44(43)46;3-2(4,5)1(6)7/h13-14,20,22,38-42,45,47-49,52-55,63H,12,15-19,21,23-37,61H2,1-11H3,(H,62,70)(H,64,72)(H,76,77)(H,65,73,74);(H,6,7)/t41-,42+,45-,47-,48-,49+,52-,53-,54-,55+;/m0./s1. The van der Waals surface area contributed by atoms with Crippen LogP contribution in [-0.2, 0) is 73.3 Å². The van der Waals surface area contributed by atoms with Crippen molar-refractivity contribution in [3.8, 4) is 0 Å². The lowest BCUT2D eigenvalue weighted by Crippen LogP contribution is -2.60. The highest BCUT2D eigenvalue weighted by Gasteiger charge is 2.45. The summed E-state index contributed by atoms with van der Waals surface area (Å²) in [6.07, 6.45) is 1.15. The molecule has 8 N–H and O–H groups in total. The molecule has 6 amide bonds. The number of likely N-dealkylation sites (tertiary alicyclic amines) is 1. The maximum Gasteiger partial charge on any atom is 0.490 e. The number of aromatic amines is 1. The minimum absolute atomic E-state index is 0.00430. The summed E-state index contributed by atoms with van der Waals surface area (Å²) < 4.78 is 61.0. The Morgan fingerprint density at radius 2 is 1.44 bits per heavy atom. The summed E-state index contributed by atoms with van der Waals surface area (Å²) in [4.78, 5) is 118. The number of halogens is 3. The molecule has 0 radical (unpaired) electrons. The van der Waals surface area contributed by atoms with Crippen molar-refractivity contribution in [2.24, 2.45) is 29.4 Å². The van der Waals surface area contributed by atoms with E-state index in [2.05, 4.69) is 34.8 Å². The van der Waals surface area contributed by atoms with E-state index in [-0.39, 0.29) is 67.3 Å². The van der Waals surface area contributed by atoms with Crippen LogP contribution in [0.3, 0.4) is 0 Å². The molecule has 2 saturated heterocycles. The number of ether oxygens (including phenoxy) is 5. The van der Waals surface area contributed by atoms with Crippen molar-refractivity contribution >= 4 is 58.3 Å². The smallest absolute Gasteiger partial charge is 0.480 e. The van der Waals surface area contributed by atoms with Gasteiger partial charge in [-0.25, -0.2) is 9.86 Å². The number of H-pyrrole nitrogens is 1. The van der Waals surface area contributed by atoms with Crippen LogP contribution in [0.15, 0.2) is 30.5 Å². The van der Waals surface area contributed by atoms with Gasteiger partial charge in [-0.05, 0) is 88.4 Å². The predicted octanol–water partition coefficient (Wildman–Crippen LogP) is 4.54. The van der Waals surface area contributed by atoms with E-state index in [1.54, 1.807) is 26.0 Å². The van der Waals surface area contributed by atoms with E-state index in [9.17, 15) is 46.7 Å². The van der Waals surface area contributed by atoms with Crippen LogP contribution in [0.5, 0.6) is 0 Å². The van der Waals surface area contributed by atoms with Crippen molar-refractivity contribution in [3.05, 3.63) is 36.0 Å². The number of alkyl halides is 3. The number of fused-ring (bicyclic) bond motifs is 1. The largest absolute Gasteiger partial charge is 0.490 e. The maximum atomic E-state index is 14.7. The Kier molecular flexibility index (Phi) is 35.0. The first-order valence-electron chi connectivity index (χ1n) is 31.3. The summed E-state index contributed by atoms with van der Waals surface area (Å²) in [6, 6.07) is 3.75. The molecule has 0 unspecified atom stereocenters. The Morgan fingerprint density at radius 3 is 2.02 bits per heavy atom. The third kappa shape index (κ3) is 25.3. The number of aromatic nitrogens is 1. The number of likely N-dealkylation sites (N-methyl/N-ethyl adjacent to an activating group) is 2. The zero-order valence-corrected chi connectivity index (χ0v) is 54.5. The molecule has 4 rings (SSSR count). The predicted molar refractivity (Wildman–Crippen MR) is 328 cm³/mol. The average molecular weight is 1290 g/mol. The van der Waals surface area contributed by atoms with E-state index in [1.807, 2.05) is 82.1 Å². The van der Waals surface area contributed by atoms with E-state index in [4.69, 9.17) is 49.3 Å². The highest BCUT2D eigenvalue weighted by Crippen LogP contribution is 2.31. The molecule has 0 saturated carbocycles. The number of imide groups is 1. The Bertz CT molecular complexity index is 2540. The summed E-state index contributed by atoms with van der Waals surface area (Å²) in [5.74, 6) is -6.84. The summed E-state index contributed by atoms with van der Waals surface area (Å²) in [5.41, 5.74) is 7.31. The number of hydroxylamine groups is 2. The fourth-order valence-electron chi connectivity index (χ4n) is 11.6. The monoisotopic (exact) mass is 1290 g/mol. The molecule has 28 heteroatoms. The van der Waals surface area contributed by atoms with Crippen molar-refractivity contribution < 1.29 is 90.3 Å². The highest BCUT2D eigenvalue weighted by atomic mass is 19.4. The number of aliphatic carboxylic acids is 2. The summed E-state index contributed by atoms with van der Waals surface area (Å²) >= 11 is 0. The number of nitrogens with two attached hydrogens (primary N) is 1. The van der Waals surface area contributed by atoms with Crippen LogP contribution in [0.25, 0.3) is 10.9 Å². The first kappa shape index (κ1) is 78.4. The van der Waals surface area contributed by atoms with Gasteiger partial charge in [-0.1, -0.05) is 73.1 Å². The molecule has 1 aromatic carbocycles. The van der Waals surface area contributed by atoms with E-state index in [0.29, 0.717) is 97.9 Å². The van der Waals surface area contributed by atoms with Crippen molar-refractivity contribution in [1.82, 2.24) is 40.7 Å². The number of amides is 6. The number of carbonyl (C=O) groups is 8. The van der Waals surface area contributed by atoms with Gasteiger partial charge in [0.25, 0.3) is 5.91 Å². The van der Waals surface area contributed by atoms with Crippen molar-refractivity contribution in [1.29, 1.82) is 0 Å². The number of carbonyl (C=O) groups excluding carboxylic acids is 6. The van der Waals surface area contributed by atoms with Crippen LogP contribution in [0.4, 0.5) is 13.2 Å². The van der Waals surface area contributed by atoms with Crippen molar-refractivity contribution in [2.75, 3.05) is 101 Å². The molecule has 1 aromatic heterocycles. The number of carboxylic acids is 2. The highest BCUT2D eigenvalue weighted by molar-refractivity contribution is 6.00. The number of methoxy groups -OCH3 is 2. The molecule has 2 aromatic rings. The molecule has 0 spiro atoms. The SMILES string of the molecule is CC[C@H](C)[C@@H]([C@@H](CC(=O)N1CCC[C@H]1[C@H](OC)[C@@H](C)C(=O)N[C@@H](Cc1c[nH]c2ccccc12)C(=O)N1CCCCO1)OC)N(C)[C@H](C(=O)NC(=O)[C@H](C(C)C)N(C)CCOCCOCCOCCC(=O)NCCCC[C@H](N)C(=O)O)C(C)C.O=C(O)C(F)(F)F. The molecule has 0 aliphatic carbocycles. The quantitative estimate of drug-likeness (QED) is 0.0452. The van der Waals surface area contributed by atoms with Crippen molar-refractivity contribution in [3.63, 3.8) is 0 Å². The average Bonchev–Trinajstić information content (AvgIpc) is 1.93. The second-order valence-electron chi connectivity index (χ2n) is 23.8. The van der Waals surface area contributed by atoms with Crippen LogP contribution in [0.2, 0.25) is 0 Å². The number of carboxylic acid groups (broad SMARTS) is 2. The lowest BCUT2D eigenvalue weighted by atomic mass is 9.87. The fourth-order valence-corrected chi connectivity index (χ4v) is 11.6. The molecule has 0 bridgehead atoms. The van der Waals surface area contributed by atoms with Gasteiger partial charge >= 0.3 is 18.1 Å². The molecule has 3 heterocycles. The van der Waals surface area contributed by atoms with E-state index in [1.165, 1.54) is 5.06 Å². The minimum Gasteiger partial charge on any atom is -0.480 e. The zero-order valence-electron chi connectivity index (χ0n) is 54.5. The van der Waals surface area contributed by atoms with Crippen LogP contribution >= 0.6 is 0 Å². The van der Waals surface area contributed by atoms with Crippen LogP contribution in [-0.4, -0.2) is 238 Å². The topological polar surface area (TPSA) is 323 Å². The molecular weight excluding hydrogens is 1180 g/mol. The summed E-state index contributed by atoms with van der Waals surface area (Å²) in [6.45, 7) is 17.6. The van der Waals surface area contributed by atoms with Gasteiger partial charge in [-0.2, -0.15) is 13.2 Å². The van der Waals surface area contributed by atoms with Gasteiger partial charge in [0, 0.05) is 76.4 Å². The third-order valence-electron chi connectivity index (χ3n) is 16.5. The Hall–Kier alpha value is -5.85. The number of nitrogens with zero attached hydrogens (tertiary/aromatic N) is 4. The van der Waals surface area contributed by atoms with E-state index >= 15 is 0 Å². The number of hydrogen-bond acceptors (Lipinski definition) is 17. The van der Waals surface area contributed by atoms with E-state index in [0.717, 1.165) is 35.7 Å². The van der Waals surface area contributed by atoms with Gasteiger partial charge < -0.3 is 60.1 Å². The number of benzene rings is 1. The lowest BCUT2D eigenvalue weighted by molar-refractivity contribution is -0.199. The first-order chi connectivity index (χ1) is 42.6. The molecule has 90 heavy (non-hydrogen) atoms. The van der Waals surface area contributed by atoms with Gasteiger partial charge in [0.1, 0.15) is 12.1 Å². The number of hydrogen-bond donors (Lipinski definition) is 7. The Balaban J connectivity index is 0.00000284. The third-order valence-corrected chi connectivity index (χ3v) is 16.5. The molecule has 2 fully saturated rings. The van der Waals surface area contributed by atoms with Crippen molar-refractivity contribution in [2.45, 2.75) is 174 Å². The number of para-hydroxylation sites is 1. The lowest BCUT2D eigenvalue weighted by Gasteiger charge is -2.43. The number of unbranched alkanes of at least 4 members (excludes halogenated alkanes) is 1. The van der Waals surface area contributed by atoms with Crippen LogP contribution < -0.4 is 21.7 Å². The van der Waals surface area contributed by atoms with Gasteiger partial charge in [0.2, 0.25) is 29.5 Å². The minimum atomic E-state index is -5.08. The second kappa shape index (κ2) is 40.2. The number of nitrogens with one attached hydrogen (secondary N) is 4. The van der Waals surface area contributed by atoms with Gasteiger partial charge in [0.15, 0.2) is 0 Å². The molecule has 2 aliphatic heterocycles. The molecule has 25 nitrogen and oxygen atoms in total. The first-order valence-corrected chi connectivity index (χ1v) is 31.3. The maximum absolute atomic E-state index is 14.7. The molecule has 10 atom stereocenters. The van der Waals surface area contributed by atoms with Gasteiger partial charge in [0.05, 0.1) is 88.9 Å². The number of rotatable bonds is 39. The second-order valence-corrected chi connectivity index (χ2v) is 23.8. The Morgan fingerprint density at radius 1 is 0.822 bits per heavy atom. The van der Waals surface area contributed by atoms with Crippen LogP contribution in [0.1, 0.15) is 118 Å². The molecule has 512 valence electrons. The zero-order chi connectivity index (χ0) is 67.3. The Labute approximate surface area is 527 Å². The van der Waals surface area contributed by atoms with Gasteiger partial charge in [-0.3, -0.25) is 53.5 Å².